The van der Waals surface area contributed by atoms with Crippen LogP contribution in [-0.4, -0.2) is 9.97 Å². The van der Waals surface area contributed by atoms with Crippen LogP contribution in [0.5, 0.6) is 0 Å². The van der Waals surface area contributed by atoms with Gasteiger partial charge >= 0.3 is 0 Å². The Kier molecular flexibility index (Phi) is 6.48. The van der Waals surface area contributed by atoms with Gasteiger partial charge in [-0.25, -0.2) is 9.97 Å². The van der Waals surface area contributed by atoms with Gasteiger partial charge in [0.1, 0.15) is 0 Å². The minimum Gasteiger partial charge on any atom is -0.241 e. The quantitative estimate of drug-likeness (QED) is 0.198. The number of halogens is 2. The van der Waals surface area contributed by atoms with Crippen molar-refractivity contribution in [1.82, 2.24) is 9.97 Å². The van der Waals surface area contributed by atoms with E-state index in [0.717, 1.165) is 54.3 Å². The summed E-state index contributed by atoms with van der Waals surface area (Å²) in [5, 5.41) is 6.59. The summed E-state index contributed by atoms with van der Waals surface area (Å²) in [6, 6.07) is 21.1. The van der Waals surface area contributed by atoms with Crippen molar-refractivity contribution in [2.45, 2.75) is 12.8 Å². The molecule has 0 fully saturated rings. The molecule has 0 aliphatic heterocycles. The van der Waals surface area contributed by atoms with Gasteiger partial charge in [0.05, 0.1) is 21.4 Å². The molecule has 0 N–H and O–H groups in total. The number of thiazole rings is 2. The molecule has 31 heavy (non-hydrogen) atoms. The van der Waals surface area contributed by atoms with Crippen molar-refractivity contribution in [2.24, 2.45) is 0 Å². The SMILES string of the molecule is Brc1ccc(-c2csc(Cc3ccc(Cc4nc(-c5ccc(Br)cc5)cs4)s3)n2)cc1. The molecule has 7 heteroatoms. The predicted molar refractivity (Wildman–Crippen MR) is 140 cm³/mol. The van der Waals surface area contributed by atoms with Gasteiger partial charge in [-0.15, -0.1) is 34.0 Å². The Hall–Kier alpha value is -1.64. The molecule has 154 valence electrons. The van der Waals surface area contributed by atoms with Crippen molar-refractivity contribution in [2.75, 3.05) is 0 Å². The topological polar surface area (TPSA) is 25.8 Å². The second kappa shape index (κ2) is 9.46. The van der Waals surface area contributed by atoms with Crippen LogP contribution in [0.3, 0.4) is 0 Å². The molecule has 3 heterocycles. The van der Waals surface area contributed by atoms with Crippen molar-refractivity contribution >= 4 is 65.9 Å². The van der Waals surface area contributed by atoms with Crippen molar-refractivity contribution in [3.05, 3.63) is 100 Å². The van der Waals surface area contributed by atoms with Crippen LogP contribution in [-0.2, 0) is 12.8 Å². The molecule has 0 unspecified atom stereocenters. The molecular formula is C24H16Br2N2S3. The van der Waals surface area contributed by atoms with Gasteiger partial charge in [-0.3, -0.25) is 0 Å². The monoisotopic (exact) mass is 586 g/mol. The van der Waals surface area contributed by atoms with Crippen LogP contribution in [0, 0.1) is 0 Å². The van der Waals surface area contributed by atoms with Crippen molar-refractivity contribution in [3.63, 3.8) is 0 Å². The number of nitrogens with zero attached hydrogens (tertiary/aromatic N) is 2. The van der Waals surface area contributed by atoms with Crippen LogP contribution >= 0.6 is 65.9 Å². The minimum absolute atomic E-state index is 0.883. The zero-order chi connectivity index (χ0) is 21.2. The predicted octanol–water partition coefficient (Wildman–Crippen LogP) is 8.70. The highest BCUT2D eigenvalue weighted by Gasteiger charge is 2.10. The fraction of sp³-hybridized carbons (Fsp3) is 0.0833. The van der Waals surface area contributed by atoms with Gasteiger partial charge in [-0.2, -0.15) is 0 Å². The maximum absolute atomic E-state index is 4.84. The molecule has 0 saturated heterocycles. The summed E-state index contributed by atoms with van der Waals surface area (Å²) in [6.07, 6.45) is 1.77. The first-order valence-corrected chi connectivity index (χ1v) is 13.8. The molecule has 0 aliphatic carbocycles. The van der Waals surface area contributed by atoms with Crippen molar-refractivity contribution in [3.8, 4) is 22.5 Å². The van der Waals surface area contributed by atoms with E-state index < -0.39 is 0 Å². The van der Waals surface area contributed by atoms with E-state index in [1.165, 1.54) is 9.75 Å². The van der Waals surface area contributed by atoms with Crippen LogP contribution in [0.25, 0.3) is 22.5 Å². The second-order valence-electron chi connectivity index (χ2n) is 6.99. The molecule has 5 aromatic rings. The number of thiophene rings is 1. The Labute approximate surface area is 209 Å². The first-order chi connectivity index (χ1) is 15.1. The van der Waals surface area contributed by atoms with Gasteiger partial charge in [0.15, 0.2) is 0 Å². The lowest BCUT2D eigenvalue weighted by Gasteiger charge is -1.97. The summed E-state index contributed by atoms with van der Waals surface area (Å²) in [5.41, 5.74) is 4.41. The van der Waals surface area contributed by atoms with E-state index in [9.17, 15) is 0 Å². The normalized spacial score (nSPS) is 11.2. The van der Waals surface area contributed by atoms with Gasteiger partial charge in [0.2, 0.25) is 0 Å². The van der Waals surface area contributed by atoms with E-state index in [1.54, 1.807) is 22.7 Å². The maximum Gasteiger partial charge on any atom is 0.0984 e. The lowest BCUT2D eigenvalue weighted by Crippen LogP contribution is -1.85. The number of hydrogen-bond acceptors (Lipinski definition) is 5. The zero-order valence-corrected chi connectivity index (χ0v) is 21.8. The molecule has 0 aliphatic rings. The van der Waals surface area contributed by atoms with E-state index in [4.69, 9.17) is 9.97 Å². The molecule has 0 saturated carbocycles. The van der Waals surface area contributed by atoms with E-state index in [2.05, 4.69) is 103 Å². The number of aromatic nitrogens is 2. The summed E-state index contributed by atoms with van der Waals surface area (Å²) in [5.74, 6) is 0. The van der Waals surface area contributed by atoms with Crippen molar-refractivity contribution < 1.29 is 0 Å². The summed E-state index contributed by atoms with van der Waals surface area (Å²) in [6.45, 7) is 0. The third-order valence-corrected chi connectivity index (χ3v) is 8.59. The first-order valence-electron chi connectivity index (χ1n) is 9.61. The van der Waals surface area contributed by atoms with E-state index in [1.807, 2.05) is 11.3 Å². The van der Waals surface area contributed by atoms with Gasteiger partial charge in [-0.05, 0) is 36.4 Å². The van der Waals surface area contributed by atoms with Crippen LogP contribution in [0.2, 0.25) is 0 Å². The number of hydrogen-bond donors (Lipinski definition) is 0. The smallest absolute Gasteiger partial charge is 0.0984 e. The summed E-state index contributed by atoms with van der Waals surface area (Å²) < 4.78 is 2.17. The third-order valence-electron chi connectivity index (χ3n) is 4.75. The summed E-state index contributed by atoms with van der Waals surface area (Å²) in [4.78, 5) is 12.4. The lowest BCUT2D eigenvalue weighted by atomic mass is 10.2. The minimum atomic E-state index is 0.883. The molecule has 0 atom stereocenters. The van der Waals surface area contributed by atoms with Crippen LogP contribution in [0.15, 0.2) is 80.4 Å². The Balaban J connectivity index is 1.25. The molecule has 0 bridgehead atoms. The van der Waals surface area contributed by atoms with E-state index in [-0.39, 0.29) is 0 Å². The van der Waals surface area contributed by atoms with Crippen LogP contribution < -0.4 is 0 Å². The Bertz CT molecular complexity index is 1200. The average Bonchev–Trinajstić information content (AvgIpc) is 3.52. The maximum atomic E-state index is 4.84. The van der Waals surface area contributed by atoms with Gasteiger partial charge in [0.25, 0.3) is 0 Å². The van der Waals surface area contributed by atoms with Gasteiger partial charge < -0.3 is 0 Å². The molecule has 0 radical (unpaired) electrons. The first kappa shape index (κ1) is 21.2. The highest BCUT2D eigenvalue weighted by molar-refractivity contribution is 9.10. The average molecular weight is 588 g/mol. The fourth-order valence-corrected chi connectivity index (χ4v) is 6.59. The molecule has 0 amide bonds. The number of rotatable bonds is 6. The Morgan fingerprint density at radius 1 is 0.581 bits per heavy atom. The van der Waals surface area contributed by atoms with Crippen molar-refractivity contribution in [1.29, 1.82) is 0 Å². The van der Waals surface area contributed by atoms with E-state index >= 15 is 0 Å². The molecular weight excluding hydrogens is 572 g/mol. The highest BCUT2D eigenvalue weighted by atomic mass is 79.9. The third kappa shape index (κ3) is 5.23. The zero-order valence-electron chi connectivity index (χ0n) is 16.2. The molecule has 2 nitrogen and oxygen atoms in total. The summed E-state index contributed by atoms with van der Waals surface area (Å²) in [7, 11) is 0. The molecule has 2 aromatic carbocycles. The van der Waals surface area contributed by atoms with Crippen LogP contribution in [0.1, 0.15) is 19.8 Å². The fourth-order valence-electron chi connectivity index (χ4n) is 3.20. The largest absolute Gasteiger partial charge is 0.241 e. The summed E-state index contributed by atoms with van der Waals surface area (Å²) >= 11 is 12.3. The molecule has 0 spiro atoms. The van der Waals surface area contributed by atoms with Gasteiger partial charge in [-0.1, -0.05) is 56.1 Å². The Morgan fingerprint density at radius 2 is 1.00 bits per heavy atom. The number of benzene rings is 2. The highest BCUT2D eigenvalue weighted by Crippen LogP contribution is 2.29. The molecule has 3 aromatic heterocycles. The lowest BCUT2D eigenvalue weighted by molar-refractivity contribution is 1.17. The van der Waals surface area contributed by atoms with Gasteiger partial charge in [0, 0.05) is 53.4 Å². The second-order valence-corrected chi connectivity index (χ2v) is 12.0. The standard InChI is InChI=1S/C24H16Br2N2S3/c25-17-5-1-15(2-6-17)21-13-29-23(27-21)11-19-9-10-20(31-19)12-24-28-22(14-30-24)16-3-7-18(26)8-4-16/h1-10,13-14H,11-12H2. The van der Waals surface area contributed by atoms with Crippen LogP contribution in [0.4, 0.5) is 0 Å². The van der Waals surface area contributed by atoms with E-state index in [0.29, 0.717) is 0 Å². The Morgan fingerprint density at radius 3 is 1.42 bits per heavy atom. The molecule has 5 rings (SSSR count).